The minimum absolute atomic E-state index is 0.238. The van der Waals surface area contributed by atoms with Gasteiger partial charge in [0.25, 0.3) is 0 Å². The number of nitrogens with two attached hydrogens (primary N) is 2. The van der Waals surface area contributed by atoms with Gasteiger partial charge in [-0.1, -0.05) is 0 Å². The van der Waals surface area contributed by atoms with E-state index in [0.717, 1.165) is 18.5 Å². The molecule has 0 amide bonds. The first kappa shape index (κ1) is 15.0. The Bertz CT molecular complexity index is 562. The van der Waals surface area contributed by atoms with Crippen molar-refractivity contribution in [1.82, 2.24) is 0 Å². The number of anilines is 2. The van der Waals surface area contributed by atoms with Gasteiger partial charge in [-0.15, -0.1) is 0 Å². The molecule has 0 saturated heterocycles. The van der Waals surface area contributed by atoms with Gasteiger partial charge in [-0.2, -0.15) is 0 Å². The second-order valence-corrected chi connectivity index (χ2v) is 13.3. The molecule has 18 heavy (non-hydrogen) atoms. The Hall–Kier alpha value is 0.617. The topological polar surface area (TPSA) is 52.0 Å². The van der Waals surface area contributed by atoms with Crippen LogP contribution in [0.15, 0.2) is 36.4 Å². The van der Waals surface area contributed by atoms with Crippen molar-refractivity contribution in [3.8, 4) is 0 Å². The van der Waals surface area contributed by atoms with Gasteiger partial charge in [-0.25, -0.2) is 0 Å². The van der Waals surface area contributed by atoms with Crippen LogP contribution in [0.3, 0.4) is 0 Å². The third-order valence-corrected chi connectivity index (χ3v) is 12.6. The molecule has 0 fully saturated rings. The van der Waals surface area contributed by atoms with Crippen molar-refractivity contribution >= 4 is 91.5 Å². The van der Waals surface area contributed by atoms with Crippen molar-refractivity contribution in [3.05, 3.63) is 43.5 Å². The number of hydrogen-bond donors (Lipinski definition) is 2. The van der Waals surface area contributed by atoms with E-state index in [0.29, 0.717) is 0 Å². The summed E-state index contributed by atoms with van der Waals surface area (Å²) >= 11 is 5.07. The van der Waals surface area contributed by atoms with E-state index in [1.54, 1.807) is 0 Å². The molecule has 0 aromatic heterocycles. The van der Waals surface area contributed by atoms with Crippen molar-refractivity contribution < 1.29 is 0 Å². The number of benzene rings is 2. The van der Waals surface area contributed by atoms with Crippen molar-refractivity contribution in [2.75, 3.05) is 11.5 Å². The summed E-state index contributed by atoms with van der Waals surface area (Å²) in [6, 6.07) is 12.8. The van der Waals surface area contributed by atoms with Gasteiger partial charge in [0, 0.05) is 0 Å². The predicted octanol–water partition coefficient (Wildman–Crippen LogP) is 1.33. The minimum atomic E-state index is 0.238. The van der Waals surface area contributed by atoms with Crippen molar-refractivity contribution in [1.29, 1.82) is 0 Å². The van der Waals surface area contributed by atoms with Gasteiger partial charge in [-0.3, -0.25) is 0 Å². The summed E-state index contributed by atoms with van der Waals surface area (Å²) in [5, 5.41) is 0. The third kappa shape index (κ3) is 4.05. The van der Waals surface area contributed by atoms with Crippen LogP contribution in [-0.2, 0) is 0 Å². The molecule has 0 bridgehead atoms. The van der Waals surface area contributed by atoms with Crippen molar-refractivity contribution in [2.24, 2.45) is 0 Å². The van der Waals surface area contributed by atoms with E-state index in [1.807, 2.05) is 12.1 Å². The SMILES string of the molecule is Nc1ccc([As]=[As]c2ccc(N)c(I)c2)cc1I. The molecule has 0 aliphatic carbocycles. The van der Waals surface area contributed by atoms with Crippen LogP contribution in [0, 0.1) is 7.14 Å². The zero-order valence-electron chi connectivity index (χ0n) is 9.27. The maximum atomic E-state index is 5.83. The van der Waals surface area contributed by atoms with E-state index in [2.05, 4.69) is 69.4 Å². The molecule has 0 aliphatic heterocycles. The first-order chi connectivity index (χ1) is 8.56. The van der Waals surface area contributed by atoms with Crippen LogP contribution in [0.2, 0.25) is 0 Å². The van der Waals surface area contributed by atoms with Crippen LogP contribution >= 0.6 is 45.2 Å². The quantitative estimate of drug-likeness (QED) is 0.318. The molecule has 0 aliphatic rings. The Kier molecular flexibility index (Phi) is 5.73. The average Bonchev–Trinajstić information content (AvgIpc) is 2.35. The fraction of sp³-hybridized carbons (Fsp3) is 0. The molecule has 2 aromatic carbocycles. The molecule has 92 valence electrons. The van der Waals surface area contributed by atoms with E-state index in [4.69, 9.17) is 11.5 Å². The first-order valence-electron chi connectivity index (χ1n) is 5.08. The zero-order valence-corrected chi connectivity index (χ0v) is 17.3. The second-order valence-electron chi connectivity index (χ2n) is 3.61. The molecule has 2 rings (SSSR count). The second kappa shape index (κ2) is 6.87. The summed E-state index contributed by atoms with van der Waals surface area (Å²) in [4.78, 5) is 0. The van der Waals surface area contributed by atoms with Gasteiger partial charge >= 0.3 is 147 Å². The van der Waals surface area contributed by atoms with E-state index in [-0.39, 0.29) is 26.3 Å². The van der Waals surface area contributed by atoms with E-state index < -0.39 is 0 Å². The van der Waals surface area contributed by atoms with E-state index in [9.17, 15) is 0 Å². The van der Waals surface area contributed by atoms with Gasteiger partial charge in [-0.05, 0) is 0 Å². The van der Waals surface area contributed by atoms with Crippen LogP contribution < -0.4 is 20.2 Å². The summed E-state index contributed by atoms with van der Waals surface area (Å²) in [6.07, 6.45) is 0. The van der Waals surface area contributed by atoms with Crippen LogP contribution in [-0.4, -0.2) is 26.3 Å². The number of rotatable bonds is 2. The maximum absolute atomic E-state index is 5.83. The summed E-state index contributed by atoms with van der Waals surface area (Å²) < 4.78 is 5.23. The molecule has 2 nitrogen and oxygen atoms in total. The number of nitrogen functional groups attached to an aromatic ring is 2. The summed E-state index contributed by atoms with van der Waals surface area (Å²) in [5.74, 6) is 0. The normalized spacial score (nSPS) is 11.0. The van der Waals surface area contributed by atoms with Gasteiger partial charge in [0.05, 0.1) is 0 Å². The molecule has 0 atom stereocenters. The van der Waals surface area contributed by atoms with Gasteiger partial charge < -0.3 is 0 Å². The number of hydrogen-bond acceptors (Lipinski definition) is 2. The Morgan fingerprint density at radius 1 is 0.722 bits per heavy atom. The van der Waals surface area contributed by atoms with Crippen LogP contribution in [0.1, 0.15) is 0 Å². The fourth-order valence-corrected chi connectivity index (χ4v) is 10.5. The molecular formula is C12H10As2I2N2. The third-order valence-electron chi connectivity index (χ3n) is 2.25. The van der Waals surface area contributed by atoms with Gasteiger partial charge in [0.1, 0.15) is 0 Å². The van der Waals surface area contributed by atoms with Gasteiger partial charge in [0.2, 0.25) is 0 Å². The van der Waals surface area contributed by atoms with Crippen LogP contribution in [0.5, 0.6) is 0 Å². The molecule has 2 aromatic rings. The molecule has 0 heterocycles. The summed E-state index contributed by atoms with van der Waals surface area (Å²) in [7, 11) is 0. The van der Waals surface area contributed by atoms with Crippen molar-refractivity contribution in [2.45, 2.75) is 0 Å². The molecule has 6 heteroatoms. The molecule has 0 unspecified atom stereocenters. The average molecular weight is 586 g/mol. The Morgan fingerprint density at radius 2 is 1.11 bits per heavy atom. The van der Waals surface area contributed by atoms with E-state index >= 15 is 0 Å². The van der Waals surface area contributed by atoms with Crippen LogP contribution in [0.25, 0.3) is 0 Å². The monoisotopic (exact) mass is 586 g/mol. The van der Waals surface area contributed by atoms with Gasteiger partial charge in [0.15, 0.2) is 0 Å². The Morgan fingerprint density at radius 3 is 1.44 bits per heavy atom. The molecule has 0 spiro atoms. The van der Waals surface area contributed by atoms with Crippen molar-refractivity contribution in [3.63, 3.8) is 0 Å². The molecule has 4 N–H and O–H groups in total. The standard InChI is InChI=1S/C12H10As2I2N2/c15-9-5-7(1-3-11(9)17)13-14-8-2-4-12(18)10(16)6-8/h1-6H,17-18H2. The van der Waals surface area contributed by atoms with Crippen LogP contribution in [0.4, 0.5) is 11.4 Å². The van der Waals surface area contributed by atoms with E-state index in [1.165, 1.54) is 8.70 Å². The summed E-state index contributed by atoms with van der Waals surface area (Å²) in [5.41, 5.74) is 13.4. The molecular weight excluding hydrogens is 576 g/mol. The number of halogens is 2. The predicted molar refractivity (Wildman–Crippen MR) is 97.9 cm³/mol. The Balaban J connectivity index is 2.24. The Labute approximate surface area is 145 Å². The first-order valence-corrected chi connectivity index (χ1v) is 14.3. The molecule has 0 saturated carbocycles. The zero-order chi connectivity index (χ0) is 13.1. The summed E-state index contributed by atoms with van der Waals surface area (Å²) in [6.45, 7) is 0. The fourth-order valence-electron chi connectivity index (χ4n) is 1.27. The molecule has 0 radical (unpaired) electrons.